The fourth-order valence-electron chi connectivity index (χ4n) is 1.95. The maximum atomic E-state index is 11.8. The maximum Gasteiger partial charge on any atom is 0.340 e. The van der Waals surface area contributed by atoms with Crippen molar-refractivity contribution in [2.45, 2.75) is 20.4 Å². The Morgan fingerprint density at radius 3 is 2.83 bits per heavy atom. The van der Waals surface area contributed by atoms with Gasteiger partial charge in [0.1, 0.15) is 0 Å². The molecule has 1 aromatic carbocycles. The van der Waals surface area contributed by atoms with Crippen LogP contribution < -0.4 is 0 Å². The molecule has 18 heavy (non-hydrogen) atoms. The van der Waals surface area contributed by atoms with Gasteiger partial charge in [-0.3, -0.25) is 4.68 Å². The average molecular weight is 267 g/mol. The minimum atomic E-state index is -0.395. The van der Waals surface area contributed by atoms with Gasteiger partial charge in [-0.15, -0.1) is 0 Å². The number of methoxy groups -OCH3 is 1. The number of aromatic nitrogens is 2. The zero-order chi connectivity index (χ0) is 13.3. The summed E-state index contributed by atoms with van der Waals surface area (Å²) >= 11 is 6.00. The van der Waals surface area contributed by atoms with Gasteiger partial charge in [0.25, 0.3) is 0 Å². The molecule has 0 saturated heterocycles. The highest BCUT2D eigenvalue weighted by Gasteiger charge is 2.16. The van der Waals surface area contributed by atoms with Gasteiger partial charge in [0, 0.05) is 17.0 Å². The van der Waals surface area contributed by atoms with E-state index in [9.17, 15) is 4.79 Å². The molecule has 0 unspecified atom stereocenters. The molecule has 0 spiro atoms. The fourth-order valence-corrected chi connectivity index (χ4v) is 2.17. The molecule has 1 aromatic heterocycles. The Morgan fingerprint density at radius 1 is 1.50 bits per heavy atom. The molecule has 0 fully saturated rings. The summed E-state index contributed by atoms with van der Waals surface area (Å²) in [5, 5.41) is 5.66. The van der Waals surface area contributed by atoms with Crippen molar-refractivity contribution in [1.82, 2.24) is 9.78 Å². The second kappa shape index (κ2) is 4.98. The van der Waals surface area contributed by atoms with Crippen molar-refractivity contribution in [3.8, 4) is 0 Å². The average Bonchev–Trinajstić information content (AvgIpc) is 2.69. The molecule has 0 N–H and O–H groups in total. The number of carbonyl (C=O) groups excluding carboxylic acids is 1. The number of rotatable bonds is 3. The Bertz CT molecular complexity index is 590. The number of ether oxygens (including phenoxy) is 1. The van der Waals surface area contributed by atoms with Gasteiger partial charge in [-0.05, 0) is 18.1 Å². The molecule has 4 nitrogen and oxygen atoms in total. The van der Waals surface area contributed by atoms with Crippen molar-refractivity contribution in [3.05, 3.63) is 28.9 Å². The van der Waals surface area contributed by atoms with Crippen LogP contribution in [0.3, 0.4) is 0 Å². The van der Waals surface area contributed by atoms with Gasteiger partial charge in [0.05, 0.1) is 24.4 Å². The van der Waals surface area contributed by atoms with E-state index < -0.39 is 5.97 Å². The first-order chi connectivity index (χ1) is 8.52. The fraction of sp³-hybridized carbons (Fsp3) is 0.385. The summed E-state index contributed by atoms with van der Waals surface area (Å²) in [4.78, 5) is 11.8. The summed E-state index contributed by atoms with van der Waals surface area (Å²) in [7, 11) is 1.36. The van der Waals surface area contributed by atoms with E-state index in [1.165, 1.54) is 7.11 Å². The Kier molecular flexibility index (Phi) is 3.57. The largest absolute Gasteiger partial charge is 0.465 e. The summed E-state index contributed by atoms with van der Waals surface area (Å²) in [6.45, 7) is 4.94. The van der Waals surface area contributed by atoms with Crippen LogP contribution in [0.5, 0.6) is 0 Å². The van der Waals surface area contributed by atoms with Crippen molar-refractivity contribution in [1.29, 1.82) is 0 Å². The first-order valence-corrected chi connectivity index (χ1v) is 6.14. The summed E-state index contributed by atoms with van der Waals surface area (Å²) in [6, 6.07) is 3.42. The lowest BCUT2D eigenvalue weighted by Crippen LogP contribution is -2.10. The Morgan fingerprint density at radius 2 is 2.22 bits per heavy atom. The molecule has 5 heteroatoms. The van der Waals surface area contributed by atoms with E-state index in [-0.39, 0.29) is 0 Å². The van der Waals surface area contributed by atoms with Crippen LogP contribution in [0, 0.1) is 5.92 Å². The van der Waals surface area contributed by atoms with E-state index in [0.29, 0.717) is 16.5 Å². The molecule has 0 radical (unpaired) electrons. The van der Waals surface area contributed by atoms with Gasteiger partial charge in [-0.2, -0.15) is 5.10 Å². The number of nitrogens with zero attached hydrogens (tertiary/aromatic N) is 2. The van der Waals surface area contributed by atoms with Gasteiger partial charge in [-0.1, -0.05) is 25.4 Å². The van der Waals surface area contributed by atoms with Gasteiger partial charge >= 0.3 is 5.97 Å². The number of halogens is 1. The quantitative estimate of drug-likeness (QED) is 0.802. The normalized spacial score (nSPS) is 11.2. The van der Waals surface area contributed by atoms with E-state index >= 15 is 0 Å². The molecular weight excluding hydrogens is 252 g/mol. The first-order valence-electron chi connectivity index (χ1n) is 5.76. The zero-order valence-corrected chi connectivity index (χ0v) is 11.4. The third-order valence-electron chi connectivity index (χ3n) is 2.64. The van der Waals surface area contributed by atoms with E-state index in [4.69, 9.17) is 16.3 Å². The lowest BCUT2D eigenvalue weighted by atomic mass is 10.1. The third-order valence-corrected chi connectivity index (χ3v) is 2.86. The number of carbonyl (C=O) groups is 1. The first kappa shape index (κ1) is 12.9. The second-order valence-electron chi connectivity index (χ2n) is 4.60. The van der Waals surface area contributed by atoms with Crippen LogP contribution in [-0.4, -0.2) is 22.9 Å². The van der Waals surface area contributed by atoms with E-state index in [1.807, 2.05) is 4.68 Å². The van der Waals surface area contributed by atoms with Gasteiger partial charge in [-0.25, -0.2) is 4.79 Å². The monoisotopic (exact) mass is 266 g/mol. The molecule has 2 aromatic rings. The second-order valence-corrected chi connectivity index (χ2v) is 5.04. The number of fused-ring (bicyclic) bond motifs is 1. The highest BCUT2D eigenvalue weighted by molar-refractivity contribution is 6.32. The highest BCUT2D eigenvalue weighted by Crippen LogP contribution is 2.25. The molecule has 0 saturated carbocycles. The molecule has 0 aliphatic heterocycles. The van der Waals surface area contributed by atoms with Crippen LogP contribution in [0.15, 0.2) is 18.3 Å². The molecule has 0 aliphatic carbocycles. The lowest BCUT2D eigenvalue weighted by Gasteiger charge is -2.09. The standard InChI is InChI=1S/C13H15ClN2O2/c1-8(2)7-16-12-9(6-15-16)4-10(14)5-11(12)13(17)18-3/h4-6,8H,7H2,1-3H3. The van der Waals surface area contributed by atoms with Crippen LogP contribution in [-0.2, 0) is 11.3 Å². The Hall–Kier alpha value is -1.55. The number of hydrogen-bond acceptors (Lipinski definition) is 3. The van der Waals surface area contributed by atoms with Gasteiger partial charge < -0.3 is 4.74 Å². The molecule has 0 bridgehead atoms. The molecule has 1 heterocycles. The molecular formula is C13H15ClN2O2. The number of hydrogen-bond donors (Lipinski definition) is 0. The minimum absolute atomic E-state index is 0.395. The zero-order valence-electron chi connectivity index (χ0n) is 10.6. The highest BCUT2D eigenvalue weighted by atomic mass is 35.5. The van der Waals surface area contributed by atoms with Crippen LogP contribution in [0.2, 0.25) is 5.02 Å². The number of benzene rings is 1. The molecule has 0 amide bonds. The van der Waals surface area contributed by atoms with Crippen LogP contribution >= 0.6 is 11.6 Å². The predicted molar refractivity (Wildman–Crippen MR) is 70.9 cm³/mol. The van der Waals surface area contributed by atoms with Gasteiger partial charge in [0.15, 0.2) is 0 Å². The summed E-state index contributed by atoms with van der Waals surface area (Å²) in [5.74, 6) is 0.0438. The smallest absolute Gasteiger partial charge is 0.340 e. The van der Waals surface area contributed by atoms with Crippen LogP contribution in [0.4, 0.5) is 0 Å². The number of esters is 1. The van der Waals surface area contributed by atoms with Crippen molar-refractivity contribution >= 4 is 28.5 Å². The maximum absolute atomic E-state index is 11.8. The van der Waals surface area contributed by atoms with E-state index in [2.05, 4.69) is 18.9 Å². The Labute approximate surface area is 110 Å². The summed E-state index contributed by atoms with van der Waals surface area (Å²) in [5.41, 5.74) is 1.23. The summed E-state index contributed by atoms with van der Waals surface area (Å²) in [6.07, 6.45) is 1.72. The van der Waals surface area contributed by atoms with Crippen LogP contribution in [0.25, 0.3) is 10.9 Å². The van der Waals surface area contributed by atoms with E-state index in [0.717, 1.165) is 17.4 Å². The minimum Gasteiger partial charge on any atom is -0.465 e. The van der Waals surface area contributed by atoms with Crippen molar-refractivity contribution in [2.75, 3.05) is 7.11 Å². The molecule has 0 aliphatic rings. The van der Waals surface area contributed by atoms with Crippen molar-refractivity contribution in [2.24, 2.45) is 5.92 Å². The third kappa shape index (κ3) is 2.34. The molecule has 2 rings (SSSR count). The lowest BCUT2D eigenvalue weighted by molar-refractivity contribution is 0.0602. The predicted octanol–water partition coefficient (Wildman–Crippen LogP) is 3.13. The van der Waals surface area contributed by atoms with Gasteiger partial charge in [0.2, 0.25) is 0 Å². The molecule has 96 valence electrons. The molecule has 0 atom stereocenters. The summed E-state index contributed by atoms with van der Waals surface area (Å²) < 4.78 is 6.61. The van der Waals surface area contributed by atoms with Crippen LogP contribution in [0.1, 0.15) is 24.2 Å². The van der Waals surface area contributed by atoms with E-state index in [1.54, 1.807) is 18.3 Å². The Balaban J connectivity index is 2.65. The van der Waals surface area contributed by atoms with Crippen molar-refractivity contribution < 1.29 is 9.53 Å². The van der Waals surface area contributed by atoms with Crippen molar-refractivity contribution in [3.63, 3.8) is 0 Å². The topological polar surface area (TPSA) is 44.1 Å². The SMILES string of the molecule is COC(=O)c1cc(Cl)cc2cnn(CC(C)C)c12.